The van der Waals surface area contributed by atoms with Gasteiger partial charge < -0.3 is 24.8 Å². The van der Waals surface area contributed by atoms with E-state index < -0.39 is 6.09 Å². The monoisotopic (exact) mass is 386 g/mol. The zero-order valence-electron chi connectivity index (χ0n) is 15.8. The molecule has 0 saturated carbocycles. The molecule has 0 heterocycles. The van der Waals surface area contributed by atoms with Gasteiger partial charge in [-0.05, 0) is 31.4 Å². The molecule has 1 aromatic carbocycles. The number of ether oxygens (including phenoxy) is 3. The predicted octanol–water partition coefficient (Wildman–Crippen LogP) is 3.25. The van der Waals surface area contributed by atoms with Crippen molar-refractivity contribution in [1.29, 1.82) is 0 Å². The minimum absolute atomic E-state index is 0.242. The van der Waals surface area contributed by atoms with Gasteiger partial charge in [0.2, 0.25) is 0 Å². The first-order chi connectivity index (χ1) is 12.3. The van der Waals surface area contributed by atoms with Gasteiger partial charge in [0.25, 0.3) is 5.91 Å². The minimum Gasteiger partial charge on any atom is -0.493 e. The first-order valence-electron chi connectivity index (χ1n) is 8.45. The van der Waals surface area contributed by atoms with E-state index >= 15 is 0 Å². The number of hydrogen-bond acceptors (Lipinski definition) is 5. The summed E-state index contributed by atoms with van der Waals surface area (Å²) in [5.74, 6) is 0.752. The summed E-state index contributed by atoms with van der Waals surface area (Å²) in [4.78, 5) is 24.1. The molecule has 2 N–H and O–H groups in total. The third-order valence-electron chi connectivity index (χ3n) is 3.56. The zero-order valence-corrected chi connectivity index (χ0v) is 16.6. The van der Waals surface area contributed by atoms with Gasteiger partial charge in [-0.1, -0.05) is 25.4 Å². The standard InChI is InChI=1S/C18H27ClN2O5/c1-6-26-18(23)21-13(7-11(2)3)10-20-17(22)12-8-14(19)16(25-5)15(9-12)24-4/h8-9,11,13H,6-7,10H2,1-5H3,(H,20,22)(H,21,23). The molecule has 0 radical (unpaired) electrons. The third-order valence-corrected chi connectivity index (χ3v) is 3.84. The van der Waals surface area contributed by atoms with Gasteiger partial charge in [0.1, 0.15) is 0 Å². The van der Waals surface area contributed by atoms with Crippen LogP contribution in [0.25, 0.3) is 0 Å². The second-order valence-electron chi connectivity index (χ2n) is 6.09. The summed E-state index contributed by atoms with van der Waals surface area (Å²) in [5.41, 5.74) is 0.340. The summed E-state index contributed by atoms with van der Waals surface area (Å²) in [7, 11) is 2.94. The van der Waals surface area contributed by atoms with Crippen molar-refractivity contribution in [3.05, 3.63) is 22.7 Å². The Morgan fingerprint density at radius 2 is 1.88 bits per heavy atom. The van der Waals surface area contributed by atoms with Crippen LogP contribution >= 0.6 is 11.6 Å². The van der Waals surface area contributed by atoms with Crippen LogP contribution in [0.5, 0.6) is 11.5 Å². The first kappa shape index (κ1) is 21.9. The highest BCUT2D eigenvalue weighted by Crippen LogP contribution is 2.35. The van der Waals surface area contributed by atoms with E-state index in [0.717, 1.165) is 0 Å². The Balaban J connectivity index is 2.81. The Bertz CT molecular complexity index is 622. The van der Waals surface area contributed by atoms with Crippen LogP contribution in [0.2, 0.25) is 5.02 Å². The molecule has 1 rings (SSSR count). The van der Waals surface area contributed by atoms with Gasteiger partial charge in [-0.25, -0.2) is 4.79 Å². The van der Waals surface area contributed by atoms with Gasteiger partial charge in [0, 0.05) is 18.2 Å². The van der Waals surface area contributed by atoms with E-state index in [0.29, 0.717) is 29.4 Å². The van der Waals surface area contributed by atoms with E-state index in [1.807, 2.05) is 13.8 Å². The van der Waals surface area contributed by atoms with Crippen molar-refractivity contribution in [1.82, 2.24) is 10.6 Å². The number of hydrogen-bond donors (Lipinski definition) is 2. The van der Waals surface area contributed by atoms with Gasteiger partial charge >= 0.3 is 6.09 Å². The fourth-order valence-electron chi connectivity index (χ4n) is 2.47. The maximum Gasteiger partial charge on any atom is 0.407 e. The minimum atomic E-state index is -0.499. The lowest BCUT2D eigenvalue weighted by molar-refractivity contribution is 0.0944. The number of carbonyl (C=O) groups excluding carboxylic acids is 2. The Morgan fingerprint density at radius 3 is 2.42 bits per heavy atom. The molecule has 1 aromatic rings. The van der Waals surface area contributed by atoms with Gasteiger partial charge in [0.05, 0.1) is 25.8 Å². The van der Waals surface area contributed by atoms with Gasteiger partial charge in [-0.15, -0.1) is 0 Å². The quantitative estimate of drug-likeness (QED) is 0.680. The molecule has 0 bridgehead atoms. The van der Waals surface area contributed by atoms with Crippen molar-refractivity contribution >= 4 is 23.6 Å². The Labute approximate surface area is 159 Å². The van der Waals surface area contributed by atoms with Crippen LogP contribution in [-0.4, -0.2) is 45.4 Å². The van der Waals surface area contributed by atoms with Crippen molar-refractivity contribution in [2.24, 2.45) is 5.92 Å². The molecule has 1 atom stereocenters. The lowest BCUT2D eigenvalue weighted by atomic mass is 10.0. The van der Waals surface area contributed by atoms with Crippen molar-refractivity contribution in [3.63, 3.8) is 0 Å². The summed E-state index contributed by atoms with van der Waals surface area (Å²) in [6.07, 6.45) is 0.202. The van der Waals surface area contributed by atoms with Crippen LogP contribution in [0.1, 0.15) is 37.6 Å². The average molecular weight is 387 g/mol. The lowest BCUT2D eigenvalue weighted by Crippen LogP contribution is -2.44. The maximum absolute atomic E-state index is 12.5. The van der Waals surface area contributed by atoms with E-state index in [9.17, 15) is 9.59 Å². The molecule has 0 spiro atoms. The molecule has 1 unspecified atom stereocenters. The summed E-state index contributed by atoms with van der Waals surface area (Å²) < 4.78 is 15.3. The van der Waals surface area contributed by atoms with Crippen LogP contribution in [0.4, 0.5) is 4.79 Å². The molecule has 146 valence electrons. The first-order valence-corrected chi connectivity index (χ1v) is 8.83. The highest BCUT2D eigenvalue weighted by molar-refractivity contribution is 6.32. The second-order valence-corrected chi connectivity index (χ2v) is 6.50. The van der Waals surface area contributed by atoms with Crippen LogP contribution in [0, 0.1) is 5.92 Å². The van der Waals surface area contributed by atoms with Crippen LogP contribution in [0.3, 0.4) is 0 Å². The summed E-state index contributed by atoms with van der Waals surface area (Å²) in [6.45, 7) is 6.36. The van der Waals surface area contributed by atoms with E-state index in [1.54, 1.807) is 13.0 Å². The van der Waals surface area contributed by atoms with Gasteiger partial charge in [0.15, 0.2) is 11.5 Å². The molecule has 2 amide bonds. The molecule has 0 aromatic heterocycles. The molecule has 7 nitrogen and oxygen atoms in total. The van der Waals surface area contributed by atoms with E-state index in [-0.39, 0.29) is 30.1 Å². The molecule has 0 aliphatic carbocycles. The number of nitrogens with one attached hydrogen (secondary N) is 2. The molecule has 0 fully saturated rings. The molecular formula is C18H27ClN2O5. The summed E-state index contributed by atoms with van der Waals surface area (Å²) >= 11 is 6.13. The highest BCUT2D eigenvalue weighted by Gasteiger charge is 2.18. The smallest absolute Gasteiger partial charge is 0.407 e. The number of amides is 2. The van der Waals surface area contributed by atoms with E-state index in [1.165, 1.54) is 20.3 Å². The number of methoxy groups -OCH3 is 2. The number of alkyl carbamates (subject to hydrolysis) is 1. The maximum atomic E-state index is 12.5. The topological polar surface area (TPSA) is 85.9 Å². The fraction of sp³-hybridized carbons (Fsp3) is 0.556. The average Bonchev–Trinajstić information content (AvgIpc) is 2.58. The van der Waals surface area contributed by atoms with Crippen molar-refractivity contribution in [2.75, 3.05) is 27.4 Å². The van der Waals surface area contributed by atoms with Crippen molar-refractivity contribution < 1.29 is 23.8 Å². The van der Waals surface area contributed by atoms with Crippen LogP contribution < -0.4 is 20.1 Å². The van der Waals surface area contributed by atoms with Crippen LogP contribution in [0.15, 0.2) is 12.1 Å². The number of benzene rings is 1. The molecule has 0 aliphatic rings. The fourth-order valence-corrected chi connectivity index (χ4v) is 2.76. The summed E-state index contributed by atoms with van der Waals surface area (Å²) in [6, 6.07) is 2.82. The highest BCUT2D eigenvalue weighted by atomic mass is 35.5. The molecule has 0 aliphatic heterocycles. The number of halogens is 1. The molecule has 8 heteroatoms. The Kier molecular flexibility index (Phi) is 9.05. The molecular weight excluding hydrogens is 360 g/mol. The molecule has 0 saturated heterocycles. The zero-order chi connectivity index (χ0) is 19.7. The van der Waals surface area contributed by atoms with Crippen molar-refractivity contribution in [3.8, 4) is 11.5 Å². The predicted molar refractivity (Wildman–Crippen MR) is 100 cm³/mol. The van der Waals surface area contributed by atoms with E-state index in [4.69, 9.17) is 25.8 Å². The Hall–Kier alpha value is -2.15. The largest absolute Gasteiger partial charge is 0.493 e. The van der Waals surface area contributed by atoms with Crippen LogP contribution in [-0.2, 0) is 4.74 Å². The number of rotatable bonds is 9. The Morgan fingerprint density at radius 1 is 1.19 bits per heavy atom. The van der Waals surface area contributed by atoms with Crippen molar-refractivity contribution in [2.45, 2.75) is 33.2 Å². The molecule has 26 heavy (non-hydrogen) atoms. The van der Waals surface area contributed by atoms with Gasteiger partial charge in [-0.3, -0.25) is 4.79 Å². The van der Waals surface area contributed by atoms with Gasteiger partial charge in [-0.2, -0.15) is 0 Å². The van der Waals surface area contributed by atoms with E-state index in [2.05, 4.69) is 10.6 Å². The second kappa shape index (κ2) is 10.8. The SMILES string of the molecule is CCOC(=O)NC(CNC(=O)c1cc(Cl)c(OC)c(OC)c1)CC(C)C. The third kappa shape index (κ3) is 6.63. The number of carbonyl (C=O) groups is 2. The summed E-state index contributed by atoms with van der Waals surface area (Å²) in [5, 5.41) is 5.84. The normalized spacial score (nSPS) is 11.7. The lowest BCUT2D eigenvalue weighted by Gasteiger charge is -2.21.